The van der Waals surface area contributed by atoms with E-state index in [9.17, 15) is 4.79 Å². The Hall–Kier alpha value is -1.08. The Morgan fingerprint density at radius 1 is 1.43 bits per heavy atom. The Labute approximate surface area is 137 Å². The number of fused-ring (bicyclic) bond motifs is 1. The molecule has 2 fully saturated rings. The highest BCUT2D eigenvalue weighted by molar-refractivity contribution is 14.1. The predicted molar refractivity (Wildman–Crippen MR) is 86.5 cm³/mol. The van der Waals surface area contributed by atoms with Crippen LogP contribution >= 0.6 is 22.6 Å². The molecule has 3 heterocycles. The Kier molecular flexibility index (Phi) is 3.04. The fourth-order valence-electron chi connectivity index (χ4n) is 3.59. The number of carbonyl (C=O) groups excluding carboxylic acids is 1. The van der Waals surface area contributed by atoms with E-state index in [1.165, 1.54) is 0 Å². The molecule has 1 aromatic carbocycles. The van der Waals surface area contributed by atoms with Crippen LogP contribution in [0.2, 0.25) is 0 Å². The van der Waals surface area contributed by atoms with Gasteiger partial charge in [-0.1, -0.05) is 46.9 Å². The van der Waals surface area contributed by atoms with Crippen LogP contribution in [0.1, 0.15) is 5.56 Å². The average Bonchev–Trinajstić information content (AvgIpc) is 3.10. The Balaban J connectivity index is 1.55. The summed E-state index contributed by atoms with van der Waals surface area (Å²) in [4.78, 5) is 14.6. The third-order valence-corrected chi connectivity index (χ3v) is 6.06. The topological polar surface area (TPSA) is 38.8 Å². The molecule has 21 heavy (non-hydrogen) atoms. The molecule has 3 aliphatic rings. The van der Waals surface area contributed by atoms with Gasteiger partial charge >= 0.3 is 0 Å². The number of nitrogens with zero attached hydrogens (tertiary/aromatic N) is 1. The number of ether oxygens (including phenoxy) is 2. The molecule has 3 aliphatic heterocycles. The van der Waals surface area contributed by atoms with Crippen LogP contribution < -0.4 is 4.74 Å². The predicted octanol–water partition coefficient (Wildman–Crippen LogP) is 2.16. The number of amides is 1. The summed E-state index contributed by atoms with van der Waals surface area (Å²) in [5, 5.41) is 0. The summed E-state index contributed by atoms with van der Waals surface area (Å²) in [6, 6.07) is 7.87. The largest absolute Gasteiger partial charge is 0.497 e. The molecule has 1 aromatic rings. The van der Waals surface area contributed by atoms with Crippen LogP contribution in [0.25, 0.3) is 0 Å². The van der Waals surface area contributed by atoms with E-state index in [-0.39, 0.29) is 27.5 Å². The minimum Gasteiger partial charge on any atom is -0.497 e. The van der Waals surface area contributed by atoms with Crippen LogP contribution in [0.4, 0.5) is 0 Å². The molecule has 4 atom stereocenters. The van der Waals surface area contributed by atoms with E-state index in [4.69, 9.17) is 9.47 Å². The van der Waals surface area contributed by atoms with Crippen LogP contribution in [-0.2, 0) is 16.1 Å². The maximum Gasteiger partial charge on any atom is 0.230 e. The number of likely N-dealkylation sites (tertiary alicyclic amines) is 1. The standard InChI is InChI=1S/C16H16INO3/c1-20-11-4-2-10(3-5-11)8-18-9-16-7-6-12(21-16)14(17)13(16)15(18)19/h2-7,12-14H,8-9H2,1H3/t12-,13+,14-,16-/m1/s1. The van der Waals surface area contributed by atoms with Gasteiger partial charge in [0, 0.05) is 6.54 Å². The number of halogens is 1. The van der Waals surface area contributed by atoms with E-state index in [0.717, 1.165) is 11.3 Å². The molecule has 0 radical (unpaired) electrons. The van der Waals surface area contributed by atoms with Gasteiger partial charge in [0.05, 0.1) is 29.6 Å². The van der Waals surface area contributed by atoms with Gasteiger partial charge in [0.2, 0.25) is 5.91 Å². The summed E-state index contributed by atoms with van der Waals surface area (Å²) < 4.78 is 11.5. The smallest absolute Gasteiger partial charge is 0.230 e. The Bertz CT molecular complexity index is 614. The van der Waals surface area contributed by atoms with Crippen molar-refractivity contribution in [2.24, 2.45) is 5.92 Å². The number of hydrogen-bond acceptors (Lipinski definition) is 3. The SMILES string of the molecule is COc1ccc(CN2C[C@@]34C=C[C@@H](O3)[C@@H](I)[C@H]4C2=O)cc1. The van der Waals surface area contributed by atoms with Gasteiger partial charge < -0.3 is 14.4 Å². The van der Waals surface area contributed by atoms with Crippen LogP contribution in [0.3, 0.4) is 0 Å². The van der Waals surface area contributed by atoms with Gasteiger partial charge in [-0.3, -0.25) is 4.79 Å². The molecule has 0 N–H and O–H groups in total. The lowest BCUT2D eigenvalue weighted by molar-refractivity contribution is -0.131. The molecule has 1 amide bonds. The molecule has 2 saturated heterocycles. The first-order valence-corrected chi connectivity index (χ1v) is 8.30. The van der Waals surface area contributed by atoms with E-state index in [1.54, 1.807) is 7.11 Å². The molecule has 2 bridgehead atoms. The second-order valence-electron chi connectivity index (χ2n) is 5.86. The van der Waals surface area contributed by atoms with Crippen molar-refractivity contribution in [3.63, 3.8) is 0 Å². The average molecular weight is 397 g/mol. The van der Waals surface area contributed by atoms with Crippen molar-refractivity contribution in [1.29, 1.82) is 0 Å². The Morgan fingerprint density at radius 3 is 2.86 bits per heavy atom. The highest BCUT2D eigenvalue weighted by atomic mass is 127. The first kappa shape index (κ1) is 13.6. The molecule has 4 nitrogen and oxygen atoms in total. The van der Waals surface area contributed by atoms with Gasteiger partial charge in [0.15, 0.2) is 0 Å². The van der Waals surface area contributed by atoms with Gasteiger partial charge in [-0.05, 0) is 17.7 Å². The van der Waals surface area contributed by atoms with Crippen molar-refractivity contribution < 1.29 is 14.3 Å². The van der Waals surface area contributed by atoms with E-state index in [1.807, 2.05) is 29.2 Å². The van der Waals surface area contributed by atoms with Crippen LogP contribution in [-0.4, -0.2) is 40.1 Å². The van der Waals surface area contributed by atoms with Crippen LogP contribution in [0.15, 0.2) is 36.4 Å². The van der Waals surface area contributed by atoms with Crippen molar-refractivity contribution in [3.8, 4) is 5.75 Å². The second kappa shape index (κ2) is 4.71. The number of carbonyl (C=O) groups is 1. The quantitative estimate of drug-likeness (QED) is 0.446. The van der Waals surface area contributed by atoms with Crippen molar-refractivity contribution >= 4 is 28.5 Å². The molecule has 110 valence electrons. The fraction of sp³-hybridized carbons (Fsp3) is 0.438. The molecule has 0 saturated carbocycles. The lowest BCUT2D eigenvalue weighted by Gasteiger charge is -2.21. The maximum absolute atomic E-state index is 12.7. The van der Waals surface area contributed by atoms with Crippen molar-refractivity contribution in [2.45, 2.75) is 22.2 Å². The molecule has 4 rings (SSSR count). The molecule has 5 heteroatoms. The Morgan fingerprint density at radius 2 is 2.19 bits per heavy atom. The van der Waals surface area contributed by atoms with E-state index < -0.39 is 0 Å². The zero-order valence-electron chi connectivity index (χ0n) is 11.7. The summed E-state index contributed by atoms with van der Waals surface area (Å²) in [5.41, 5.74) is 0.740. The third kappa shape index (κ3) is 1.93. The van der Waals surface area contributed by atoms with Gasteiger partial charge in [-0.25, -0.2) is 0 Å². The van der Waals surface area contributed by atoms with E-state index in [0.29, 0.717) is 13.1 Å². The first-order valence-electron chi connectivity index (χ1n) is 7.06. The third-order valence-electron chi connectivity index (χ3n) is 4.63. The van der Waals surface area contributed by atoms with Gasteiger partial charge in [0.25, 0.3) is 0 Å². The van der Waals surface area contributed by atoms with E-state index >= 15 is 0 Å². The number of hydrogen-bond donors (Lipinski definition) is 0. The summed E-state index contributed by atoms with van der Waals surface area (Å²) >= 11 is 2.36. The van der Waals surface area contributed by atoms with Crippen molar-refractivity contribution in [3.05, 3.63) is 42.0 Å². The number of alkyl halides is 1. The van der Waals surface area contributed by atoms with Crippen LogP contribution in [0, 0.1) is 5.92 Å². The van der Waals surface area contributed by atoms with Gasteiger partial charge in [-0.15, -0.1) is 0 Å². The van der Waals surface area contributed by atoms with Gasteiger partial charge in [0.1, 0.15) is 11.4 Å². The maximum atomic E-state index is 12.7. The molecule has 0 aromatic heterocycles. The number of methoxy groups -OCH3 is 1. The molecule has 0 aliphatic carbocycles. The molecular formula is C16H16INO3. The molecule has 1 spiro atoms. The highest BCUT2D eigenvalue weighted by Crippen LogP contribution is 2.51. The van der Waals surface area contributed by atoms with Crippen molar-refractivity contribution in [1.82, 2.24) is 4.90 Å². The van der Waals surface area contributed by atoms with E-state index in [2.05, 4.69) is 34.7 Å². The molecular weight excluding hydrogens is 381 g/mol. The fourth-order valence-corrected chi connectivity index (χ4v) is 4.89. The zero-order chi connectivity index (χ0) is 14.6. The first-order chi connectivity index (χ1) is 10.1. The van der Waals surface area contributed by atoms with Crippen LogP contribution in [0.5, 0.6) is 5.75 Å². The van der Waals surface area contributed by atoms with Gasteiger partial charge in [-0.2, -0.15) is 0 Å². The second-order valence-corrected chi connectivity index (χ2v) is 7.30. The molecule has 0 unspecified atom stereocenters. The summed E-state index contributed by atoms with van der Waals surface area (Å²) in [6.45, 7) is 1.29. The lowest BCUT2D eigenvalue weighted by atomic mass is 9.85. The zero-order valence-corrected chi connectivity index (χ0v) is 13.8. The summed E-state index contributed by atoms with van der Waals surface area (Å²) in [7, 11) is 1.65. The lowest BCUT2D eigenvalue weighted by Crippen LogP contribution is -2.35. The number of benzene rings is 1. The normalized spacial score (nSPS) is 36.4. The summed E-state index contributed by atoms with van der Waals surface area (Å²) in [6.07, 6.45) is 4.32. The highest BCUT2D eigenvalue weighted by Gasteiger charge is 2.64. The summed E-state index contributed by atoms with van der Waals surface area (Å²) in [5.74, 6) is 1.03. The number of rotatable bonds is 3. The van der Waals surface area contributed by atoms with Crippen molar-refractivity contribution in [2.75, 3.05) is 13.7 Å². The minimum absolute atomic E-state index is 0.0219. The minimum atomic E-state index is -0.375. The monoisotopic (exact) mass is 397 g/mol.